The normalized spacial score (nSPS) is 23.1. The molecule has 0 aromatic heterocycles. The zero-order chi connectivity index (χ0) is 11.3. The number of rotatable bonds is 5. The van der Waals surface area contributed by atoms with Crippen LogP contribution in [0.15, 0.2) is 0 Å². The summed E-state index contributed by atoms with van der Waals surface area (Å²) >= 11 is 0. The van der Waals surface area contributed by atoms with E-state index in [0.29, 0.717) is 24.8 Å². The average Bonchev–Trinajstić information content (AvgIpc) is 2.73. The van der Waals surface area contributed by atoms with E-state index >= 15 is 0 Å². The lowest BCUT2D eigenvalue weighted by Gasteiger charge is -2.17. The van der Waals surface area contributed by atoms with Gasteiger partial charge in [0.2, 0.25) is 5.91 Å². The highest BCUT2D eigenvalue weighted by atomic mass is 16.2. The van der Waals surface area contributed by atoms with Gasteiger partial charge in [0, 0.05) is 19.5 Å². The van der Waals surface area contributed by atoms with Crippen molar-refractivity contribution in [1.29, 1.82) is 0 Å². The summed E-state index contributed by atoms with van der Waals surface area (Å²) in [5.74, 6) is 1.53. The Morgan fingerprint density at radius 2 is 2.33 bits per heavy atom. The molecule has 3 heteroatoms. The van der Waals surface area contributed by atoms with Gasteiger partial charge in [0.1, 0.15) is 0 Å². The van der Waals surface area contributed by atoms with Crippen LogP contribution in [0.2, 0.25) is 0 Å². The van der Waals surface area contributed by atoms with E-state index in [1.807, 2.05) is 4.90 Å². The summed E-state index contributed by atoms with van der Waals surface area (Å²) in [5, 5.41) is 0. The standard InChI is InChI=1S/C12H24N2O/c1-3-11-6-7-14(9-11)12(15)5-4-10(2)8-13/h10-11H,3-9,13H2,1-2H3. The zero-order valence-corrected chi connectivity index (χ0v) is 10.0. The Balaban J connectivity index is 2.23. The summed E-state index contributed by atoms with van der Waals surface area (Å²) in [7, 11) is 0. The fourth-order valence-corrected chi connectivity index (χ4v) is 2.04. The quantitative estimate of drug-likeness (QED) is 0.752. The molecule has 2 unspecified atom stereocenters. The SMILES string of the molecule is CCC1CCN(C(=O)CCC(C)CN)C1. The molecule has 1 rings (SSSR count). The molecule has 1 saturated heterocycles. The first-order chi connectivity index (χ1) is 7.17. The van der Waals surface area contributed by atoms with Gasteiger partial charge in [0.05, 0.1) is 0 Å². The minimum Gasteiger partial charge on any atom is -0.342 e. The first-order valence-electron chi connectivity index (χ1n) is 6.15. The lowest BCUT2D eigenvalue weighted by molar-refractivity contribution is -0.130. The van der Waals surface area contributed by atoms with Gasteiger partial charge in [-0.1, -0.05) is 20.3 Å². The summed E-state index contributed by atoms with van der Waals surface area (Å²) in [6, 6.07) is 0. The molecule has 2 N–H and O–H groups in total. The van der Waals surface area contributed by atoms with Crippen LogP contribution in [0.25, 0.3) is 0 Å². The van der Waals surface area contributed by atoms with Gasteiger partial charge >= 0.3 is 0 Å². The van der Waals surface area contributed by atoms with Crippen molar-refractivity contribution in [1.82, 2.24) is 4.90 Å². The molecular formula is C12H24N2O. The molecule has 1 amide bonds. The molecule has 1 aliphatic heterocycles. The van der Waals surface area contributed by atoms with E-state index in [1.165, 1.54) is 12.8 Å². The van der Waals surface area contributed by atoms with Crippen molar-refractivity contribution >= 4 is 5.91 Å². The third kappa shape index (κ3) is 3.82. The third-order valence-electron chi connectivity index (χ3n) is 3.47. The van der Waals surface area contributed by atoms with Crippen LogP contribution in [-0.4, -0.2) is 30.4 Å². The van der Waals surface area contributed by atoms with Crippen molar-refractivity contribution < 1.29 is 4.79 Å². The van der Waals surface area contributed by atoms with Crippen LogP contribution in [0, 0.1) is 11.8 Å². The highest BCUT2D eigenvalue weighted by molar-refractivity contribution is 5.76. The molecule has 0 aromatic rings. The largest absolute Gasteiger partial charge is 0.342 e. The number of amides is 1. The van der Waals surface area contributed by atoms with Crippen molar-refractivity contribution in [3.05, 3.63) is 0 Å². The van der Waals surface area contributed by atoms with Crippen LogP contribution >= 0.6 is 0 Å². The van der Waals surface area contributed by atoms with Crippen molar-refractivity contribution in [3.8, 4) is 0 Å². The average molecular weight is 212 g/mol. The topological polar surface area (TPSA) is 46.3 Å². The van der Waals surface area contributed by atoms with Crippen LogP contribution < -0.4 is 5.73 Å². The fraction of sp³-hybridized carbons (Fsp3) is 0.917. The Bertz CT molecular complexity index is 206. The fourth-order valence-electron chi connectivity index (χ4n) is 2.04. The van der Waals surface area contributed by atoms with E-state index in [4.69, 9.17) is 5.73 Å². The van der Waals surface area contributed by atoms with Crippen molar-refractivity contribution in [3.63, 3.8) is 0 Å². The van der Waals surface area contributed by atoms with Gasteiger partial charge < -0.3 is 10.6 Å². The maximum absolute atomic E-state index is 11.8. The second-order valence-corrected chi connectivity index (χ2v) is 4.78. The minimum atomic E-state index is 0.325. The maximum Gasteiger partial charge on any atom is 0.222 e. The second-order valence-electron chi connectivity index (χ2n) is 4.78. The van der Waals surface area contributed by atoms with Gasteiger partial charge in [-0.05, 0) is 31.2 Å². The highest BCUT2D eigenvalue weighted by Crippen LogP contribution is 2.20. The molecule has 0 bridgehead atoms. The molecule has 1 fully saturated rings. The van der Waals surface area contributed by atoms with Gasteiger partial charge in [0.25, 0.3) is 0 Å². The number of hydrogen-bond acceptors (Lipinski definition) is 2. The van der Waals surface area contributed by atoms with Crippen LogP contribution in [0.3, 0.4) is 0 Å². The van der Waals surface area contributed by atoms with Gasteiger partial charge in [-0.15, -0.1) is 0 Å². The Morgan fingerprint density at radius 3 is 2.87 bits per heavy atom. The summed E-state index contributed by atoms with van der Waals surface area (Å²) < 4.78 is 0. The van der Waals surface area contributed by atoms with E-state index in [0.717, 1.165) is 25.4 Å². The molecule has 1 heterocycles. The molecule has 1 aliphatic rings. The van der Waals surface area contributed by atoms with Gasteiger partial charge in [-0.25, -0.2) is 0 Å². The molecular weight excluding hydrogens is 188 g/mol. The predicted molar refractivity (Wildman–Crippen MR) is 62.4 cm³/mol. The molecule has 88 valence electrons. The van der Waals surface area contributed by atoms with Crippen molar-refractivity contribution in [2.45, 2.75) is 39.5 Å². The van der Waals surface area contributed by atoms with E-state index < -0.39 is 0 Å². The smallest absolute Gasteiger partial charge is 0.222 e. The molecule has 3 nitrogen and oxygen atoms in total. The molecule has 0 saturated carbocycles. The molecule has 0 spiro atoms. The third-order valence-corrected chi connectivity index (χ3v) is 3.47. The Hall–Kier alpha value is -0.570. The summed E-state index contributed by atoms with van der Waals surface area (Å²) in [4.78, 5) is 13.8. The highest BCUT2D eigenvalue weighted by Gasteiger charge is 2.24. The summed E-state index contributed by atoms with van der Waals surface area (Å²) in [5.41, 5.74) is 5.53. The molecule has 15 heavy (non-hydrogen) atoms. The Labute approximate surface area is 93.0 Å². The first kappa shape index (κ1) is 12.5. The first-order valence-corrected chi connectivity index (χ1v) is 6.15. The van der Waals surface area contributed by atoms with Crippen molar-refractivity contribution in [2.24, 2.45) is 17.6 Å². The lowest BCUT2D eigenvalue weighted by atomic mass is 10.1. The number of carbonyl (C=O) groups excluding carboxylic acids is 1. The number of carbonyl (C=O) groups is 1. The van der Waals surface area contributed by atoms with E-state index in [-0.39, 0.29) is 0 Å². The number of nitrogens with zero attached hydrogens (tertiary/aromatic N) is 1. The summed E-state index contributed by atoms with van der Waals surface area (Å²) in [6.07, 6.45) is 4.00. The van der Waals surface area contributed by atoms with Crippen LogP contribution in [0.4, 0.5) is 0 Å². The molecule has 0 radical (unpaired) electrons. The minimum absolute atomic E-state index is 0.325. The second kappa shape index (κ2) is 6.11. The maximum atomic E-state index is 11.8. The molecule has 0 aromatic carbocycles. The van der Waals surface area contributed by atoms with E-state index in [2.05, 4.69) is 13.8 Å². The number of likely N-dealkylation sites (tertiary alicyclic amines) is 1. The molecule has 2 atom stereocenters. The lowest BCUT2D eigenvalue weighted by Crippen LogP contribution is -2.29. The summed E-state index contributed by atoms with van der Waals surface area (Å²) in [6.45, 7) is 6.94. The van der Waals surface area contributed by atoms with Crippen LogP contribution in [-0.2, 0) is 4.79 Å². The van der Waals surface area contributed by atoms with Crippen molar-refractivity contribution in [2.75, 3.05) is 19.6 Å². The van der Waals surface area contributed by atoms with E-state index in [9.17, 15) is 4.79 Å². The van der Waals surface area contributed by atoms with Gasteiger partial charge in [0.15, 0.2) is 0 Å². The van der Waals surface area contributed by atoms with Crippen LogP contribution in [0.5, 0.6) is 0 Å². The monoisotopic (exact) mass is 212 g/mol. The predicted octanol–water partition coefficient (Wildman–Crippen LogP) is 1.62. The van der Waals surface area contributed by atoms with E-state index in [1.54, 1.807) is 0 Å². The Kier molecular flexibility index (Phi) is 5.09. The van der Waals surface area contributed by atoms with Gasteiger partial charge in [-0.3, -0.25) is 4.79 Å². The van der Waals surface area contributed by atoms with Crippen LogP contribution in [0.1, 0.15) is 39.5 Å². The van der Waals surface area contributed by atoms with Gasteiger partial charge in [-0.2, -0.15) is 0 Å². The molecule has 0 aliphatic carbocycles. The Morgan fingerprint density at radius 1 is 1.60 bits per heavy atom. The zero-order valence-electron chi connectivity index (χ0n) is 10.0. The number of hydrogen-bond donors (Lipinski definition) is 1. The number of nitrogens with two attached hydrogens (primary N) is 1.